The molecule has 26 heavy (non-hydrogen) atoms. The van der Waals surface area contributed by atoms with E-state index in [9.17, 15) is 9.59 Å². The molecule has 0 unspecified atom stereocenters. The molecule has 0 radical (unpaired) electrons. The number of ether oxygens (including phenoxy) is 1. The van der Waals surface area contributed by atoms with Crippen molar-refractivity contribution in [3.05, 3.63) is 77.4 Å². The van der Waals surface area contributed by atoms with E-state index in [-0.39, 0.29) is 12.4 Å². The highest BCUT2D eigenvalue weighted by molar-refractivity contribution is 6.27. The number of carbonyl (C=O) groups excluding carboxylic acids is 2. The van der Waals surface area contributed by atoms with Crippen LogP contribution in [-0.2, 0) is 15.1 Å². The second-order valence-corrected chi connectivity index (χ2v) is 6.45. The third-order valence-corrected chi connectivity index (χ3v) is 4.96. The second-order valence-electron chi connectivity index (χ2n) is 6.45. The summed E-state index contributed by atoms with van der Waals surface area (Å²) in [5, 5.41) is 5.18. The summed E-state index contributed by atoms with van der Waals surface area (Å²) in [4.78, 5) is 26.5. The molecule has 3 aromatic carbocycles. The van der Waals surface area contributed by atoms with Crippen LogP contribution in [-0.4, -0.2) is 18.4 Å². The van der Waals surface area contributed by atoms with Gasteiger partial charge in [-0.1, -0.05) is 54.6 Å². The number of hydrogen-bond acceptors (Lipinski definition) is 4. The average Bonchev–Trinajstić information content (AvgIpc) is 2.96. The maximum absolute atomic E-state index is 13.5. The van der Waals surface area contributed by atoms with E-state index in [1.54, 1.807) is 13.0 Å². The summed E-state index contributed by atoms with van der Waals surface area (Å²) in [5.74, 6) is -0.842. The molecule has 1 atom stereocenters. The van der Waals surface area contributed by atoms with Crippen molar-refractivity contribution in [1.82, 2.24) is 0 Å². The number of nitrogens with one attached hydrogen (secondary N) is 1. The van der Waals surface area contributed by atoms with Gasteiger partial charge in [-0.25, -0.2) is 4.79 Å². The molecule has 130 valence electrons. The summed E-state index contributed by atoms with van der Waals surface area (Å²) in [7, 11) is 0. The van der Waals surface area contributed by atoms with Crippen molar-refractivity contribution in [2.45, 2.75) is 19.4 Å². The van der Waals surface area contributed by atoms with Gasteiger partial charge in [-0.3, -0.25) is 4.79 Å². The average molecular weight is 345 g/mol. The van der Waals surface area contributed by atoms with Gasteiger partial charge in [-0.15, -0.1) is 0 Å². The molecule has 4 nitrogen and oxygen atoms in total. The molecule has 0 spiro atoms. The molecule has 1 N–H and O–H groups in total. The molecule has 0 saturated carbocycles. The van der Waals surface area contributed by atoms with Crippen molar-refractivity contribution in [3.8, 4) is 0 Å². The van der Waals surface area contributed by atoms with E-state index in [2.05, 4.69) is 5.32 Å². The molecule has 4 heteroatoms. The van der Waals surface area contributed by atoms with Crippen LogP contribution < -0.4 is 5.32 Å². The van der Waals surface area contributed by atoms with E-state index >= 15 is 0 Å². The maximum Gasteiger partial charge on any atom is 0.344 e. The van der Waals surface area contributed by atoms with E-state index in [0.29, 0.717) is 16.8 Å². The van der Waals surface area contributed by atoms with Crippen molar-refractivity contribution in [1.29, 1.82) is 0 Å². The largest absolute Gasteiger partial charge is 0.464 e. The minimum atomic E-state index is -1.55. The minimum Gasteiger partial charge on any atom is -0.464 e. The zero-order chi connectivity index (χ0) is 18.3. The van der Waals surface area contributed by atoms with Gasteiger partial charge in [-0.05, 0) is 36.4 Å². The molecule has 0 aliphatic carbocycles. The van der Waals surface area contributed by atoms with Gasteiger partial charge in [-0.2, -0.15) is 0 Å². The van der Waals surface area contributed by atoms with Crippen LogP contribution in [0.5, 0.6) is 0 Å². The van der Waals surface area contributed by atoms with Crippen LogP contribution in [0.3, 0.4) is 0 Å². The Balaban J connectivity index is 1.99. The summed E-state index contributed by atoms with van der Waals surface area (Å²) in [6.07, 6.45) is 0. The van der Waals surface area contributed by atoms with Crippen LogP contribution in [0.15, 0.2) is 60.7 Å². The van der Waals surface area contributed by atoms with Gasteiger partial charge in [0.15, 0.2) is 0 Å². The fourth-order valence-electron chi connectivity index (χ4n) is 3.72. The molecule has 0 fully saturated rings. The number of anilines is 1. The predicted octanol–water partition coefficient (Wildman–Crippen LogP) is 4.22. The third kappa shape index (κ3) is 2.15. The Morgan fingerprint density at radius 3 is 2.54 bits per heavy atom. The summed E-state index contributed by atoms with van der Waals surface area (Å²) < 4.78 is 5.33. The third-order valence-electron chi connectivity index (χ3n) is 4.96. The first-order valence-corrected chi connectivity index (χ1v) is 8.67. The standard InChI is InChI=1S/C22H19NO3/c1-3-26-21(25)22(18-11-7-4-8-14(18)2)20(24)17-13-12-15-9-5-6-10-16(15)19(17)23-22/h4-13,23H,3H2,1-2H3/t22-/m0/s1. The van der Waals surface area contributed by atoms with Gasteiger partial charge in [0.2, 0.25) is 11.3 Å². The van der Waals surface area contributed by atoms with Gasteiger partial charge in [0, 0.05) is 10.9 Å². The number of esters is 1. The van der Waals surface area contributed by atoms with Crippen LogP contribution in [0.4, 0.5) is 5.69 Å². The lowest BCUT2D eigenvalue weighted by atomic mass is 9.83. The zero-order valence-electron chi connectivity index (χ0n) is 14.7. The lowest BCUT2D eigenvalue weighted by molar-refractivity contribution is -0.146. The van der Waals surface area contributed by atoms with E-state index in [1.165, 1.54) is 0 Å². The molecule has 0 amide bonds. The Hall–Kier alpha value is -3.14. The Morgan fingerprint density at radius 1 is 1.04 bits per heavy atom. The zero-order valence-corrected chi connectivity index (χ0v) is 14.7. The quantitative estimate of drug-likeness (QED) is 0.570. The summed E-state index contributed by atoms with van der Waals surface area (Å²) in [5.41, 5.74) is 1.14. The summed E-state index contributed by atoms with van der Waals surface area (Å²) in [6, 6.07) is 18.9. The number of hydrogen-bond donors (Lipinski definition) is 1. The summed E-state index contributed by atoms with van der Waals surface area (Å²) >= 11 is 0. The lowest BCUT2D eigenvalue weighted by Crippen LogP contribution is -2.48. The van der Waals surface area contributed by atoms with E-state index in [0.717, 1.165) is 16.3 Å². The Morgan fingerprint density at radius 2 is 1.77 bits per heavy atom. The van der Waals surface area contributed by atoms with Crippen LogP contribution in [0, 0.1) is 6.92 Å². The molecule has 0 aromatic heterocycles. The molecule has 1 aliphatic rings. The summed E-state index contributed by atoms with van der Waals surface area (Å²) in [6.45, 7) is 3.84. The van der Waals surface area contributed by atoms with Crippen LogP contribution in [0.1, 0.15) is 28.4 Å². The number of fused-ring (bicyclic) bond motifs is 3. The van der Waals surface area contributed by atoms with E-state index in [4.69, 9.17) is 4.74 Å². The number of ketones is 1. The fraction of sp³-hybridized carbons (Fsp3) is 0.182. The predicted molar refractivity (Wildman–Crippen MR) is 101 cm³/mol. The molecular weight excluding hydrogens is 326 g/mol. The Bertz CT molecular complexity index is 1040. The molecule has 1 aliphatic heterocycles. The molecule has 0 bridgehead atoms. The molecule has 4 rings (SSSR count). The highest BCUT2D eigenvalue weighted by atomic mass is 16.5. The van der Waals surface area contributed by atoms with Gasteiger partial charge in [0.1, 0.15) is 0 Å². The normalized spacial score (nSPS) is 18.5. The van der Waals surface area contributed by atoms with Crippen molar-refractivity contribution in [2.24, 2.45) is 0 Å². The highest BCUT2D eigenvalue weighted by Crippen LogP contribution is 2.44. The number of benzene rings is 3. The molecule has 0 saturated heterocycles. The van der Waals surface area contributed by atoms with Crippen LogP contribution in [0.2, 0.25) is 0 Å². The molecule has 1 heterocycles. The number of Topliss-reactive ketones (excluding diaryl/α,β-unsaturated/α-hetero) is 1. The van der Waals surface area contributed by atoms with Gasteiger partial charge < -0.3 is 10.1 Å². The van der Waals surface area contributed by atoms with Gasteiger partial charge >= 0.3 is 5.97 Å². The fourth-order valence-corrected chi connectivity index (χ4v) is 3.72. The monoisotopic (exact) mass is 345 g/mol. The van der Waals surface area contributed by atoms with Gasteiger partial charge in [0.25, 0.3) is 0 Å². The van der Waals surface area contributed by atoms with Crippen molar-refractivity contribution in [3.63, 3.8) is 0 Å². The van der Waals surface area contributed by atoms with Gasteiger partial charge in [0.05, 0.1) is 12.3 Å². The second kappa shape index (κ2) is 5.99. The van der Waals surface area contributed by atoms with Crippen molar-refractivity contribution >= 4 is 28.2 Å². The number of rotatable bonds is 3. The number of aryl methyl sites for hydroxylation is 1. The van der Waals surface area contributed by atoms with Crippen molar-refractivity contribution in [2.75, 3.05) is 11.9 Å². The lowest BCUT2D eigenvalue weighted by Gasteiger charge is -2.28. The topological polar surface area (TPSA) is 55.4 Å². The van der Waals surface area contributed by atoms with E-state index in [1.807, 2.05) is 61.5 Å². The SMILES string of the molecule is CCOC(=O)[C@@]1(c2ccccc2C)Nc2c(ccc3ccccc23)C1=O. The first-order chi connectivity index (χ1) is 12.6. The maximum atomic E-state index is 13.5. The number of carbonyl (C=O) groups is 2. The van der Waals surface area contributed by atoms with Crippen LogP contribution in [0.25, 0.3) is 10.8 Å². The minimum absolute atomic E-state index is 0.207. The van der Waals surface area contributed by atoms with Crippen LogP contribution >= 0.6 is 0 Å². The smallest absolute Gasteiger partial charge is 0.344 e. The van der Waals surface area contributed by atoms with E-state index < -0.39 is 11.5 Å². The first kappa shape index (κ1) is 16.3. The highest BCUT2D eigenvalue weighted by Gasteiger charge is 2.55. The molecule has 3 aromatic rings. The first-order valence-electron chi connectivity index (χ1n) is 8.67. The molecular formula is C22H19NO3. The Kier molecular flexibility index (Phi) is 3.76. The van der Waals surface area contributed by atoms with Crippen molar-refractivity contribution < 1.29 is 14.3 Å². The Labute approximate surface area is 151 Å².